The summed E-state index contributed by atoms with van der Waals surface area (Å²) in [4.78, 5) is 1.99. The van der Waals surface area contributed by atoms with Gasteiger partial charge in [-0.25, -0.2) is 0 Å². The van der Waals surface area contributed by atoms with Crippen molar-refractivity contribution in [1.29, 1.82) is 0 Å². The smallest absolute Gasteiger partial charge is 0.0177 e. The summed E-state index contributed by atoms with van der Waals surface area (Å²) >= 11 is 8.74. The van der Waals surface area contributed by atoms with Crippen molar-refractivity contribution in [2.75, 3.05) is 0 Å². The molecule has 1 fully saturated rings. The van der Waals surface area contributed by atoms with E-state index in [4.69, 9.17) is 0 Å². The summed E-state index contributed by atoms with van der Waals surface area (Å²) < 4.78 is 0. The number of thiol groups is 2. The molecule has 0 bridgehead atoms. The number of rotatable bonds is 1. The van der Waals surface area contributed by atoms with Crippen LogP contribution in [0.15, 0.2) is 28.0 Å². The molecule has 0 heterocycles. The van der Waals surface area contributed by atoms with Gasteiger partial charge in [0.1, 0.15) is 0 Å². The van der Waals surface area contributed by atoms with E-state index in [9.17, 15) is 0 Å². The molecule has 0 radical (unpaired) electrons. The Morgan fingerprint density at radius 1 is 0.929 bits per heavy atom. The van der Waals surface area contributed by atoms with E-state index >= 15 is 0 Å². The van der Waals surface area contributed by atoms with Crippen LogP contribution in [-0.4, -0.2) is 0 Å². The first-order chi connectivity index (χ1) is 6.77. The van der Waals surface area contributed by atoms with Gasteiger partial charge in [0.25, 0.3) is 0 Å². The van der Waals surface area contributed by atoms with Gasteiger partial charge in [-0.3, -0.25) is 0 Å². The van der Waals surface area contributed by atoms with Gasteiger partial charge in [-0.2, -0.15) is 0 Å². The first-order valence-corrected chi connectivity index (χ1v) is 6.18. The van der Waals surface area contributed by atoms with Gasteiger partial charge < -0.3 is 0 Å². The van der Waals surface area contributed by atoms with Crippen LogP contribution in [0.25, 0.3) is 0 Å². The minimum atomic E-state index is 0.767. The second-order valence-electron chi connectivity index (χ2n) is 4.08. The highest BCUT2D eigenvalue weighted by molar-refractivity contribution is 7.83. The molecule has 1 aromatic carbocycles. The molecule has 0 atom stereocenters. The van der Waals surface area contributed by atoms with Crippen LogP contribution in [0.4, 0.5) is 0 Å². The SMILES string of the molecule is Sc1ccc(C2CCCCC2)cc1S. The molecule has 76 valence electrons. The summed E-state index contributed by atoms with van der Waals surface area (Å²) in [6.07, 6.45) is 6.87. The van der Waals surface area contributed by atoms with Gasteiger partial charge in [0, 0.05) is 9.79 Å². The maximum atomic E-state index is 4.41. The average Bonchev–Trinajstić information content (AvgIpc) is 2.23. The predicted molar refractivity (Wildman–Crippen MR) is 66.8 cm³/mol. The molecule has 1 aliphatic carbocycles. The fraction of sp³-hybridized carbons (Fsp3) is 0.500. The van der Waals surface area contributed by atoms with E-state index in [0.717, 1.165) is 15.7 Å². The lowest BCUT2D eigenvalue weighted by Crippen LogP contribution is -2.04. The van der Waals surface area contributed by atoms with Crippen LogP contribution in [0.3, 0.4) is 0 Å². The molecule has 0 saturated heterocycles. The molecule has 1 saturated carbocycles. The van der Waals surface area contributed by atoms with Crippen molar-refractivity contribution in [1.82, 2.24) is 0 Å². The first-order valence-electron chi connectivity index (χ1n) is 5.29. The van der Waals surface area contributed by atoms with Crippen molar-refractivity contribution in [3.05, 3.63) is 23.8 Å². The van der Waals surface area contributed by atoms with Crippen molar-refractivity contribution in [2.24, 2.45) is 0 Å². The lowest BCUT2D eigenvalue weighted by atomic mass is 9.84. The minimum absolute atomic E-state index is 0.767. The van der Waals surface area contributed by atoms with Gasteiger partial charge >= 0.3 is 0 Å². The summed E-state index contributed by atoms with van der Waals surface area (Å²) in [5, 5.41) is 0. The number of hydrogen-bond acceptors (Lipinski definition) is 2. The van der Waals surface area contributed by atoms with E-state index in [0.29, 0.717) is 0 Å². The second kappa shape index (κ2) is 4.63. The maximum Gasteiger partial charge on any atom is 0.0177 e. The van der Waals surface area contributed by atoms with Crippen LogP contribution in [0, 0.1) is 0 Å². The Hall–Kier alpha value is -0.0800. The fourth-order valence-corrected chi connectivity index (χ4v) is 2.59. The van der Waals surface area contributed by atoms with Crippen LogP contribution in [0.1, 0.15) is 43.6 Å². The number of benzene rings is 1. The molecule has 0 aliphatic heterocycles. The highest BCUT2D eigenvalue weighted by Gasteiger charge is 2.15. The van der Waals surface area contributed by atoms with Crippen molar-refractivity contribution in [2.45, 2.75) is 47.8 Å². The fourth-order valence-electron chi connectivity index (χ4n) is 2.23. The standard InChI is InChI=1S/C12H16S2/c13-11-7-6-10(8-12(11)14)9-4-2-1-3-5-9/h6-9,13-14H,1-5H2. The molecular formula is C12H16S2. The molecule has 1 aliphatic rings. The lowest BCUT2D eigenvalue weighted by Gasteiger charge is -2.22. The van der Waals surface area contributed by atoms with Gasteiger partial charge in [-0.15, -0.1) is 25.3 Å². The van der Waals surface area contributed by atoms with E-state index < -0.39 is 0 Å². The van der Waals surface area contributed by atoms with E-state index in [1.54, 1.807) is 0 Å². The molecular weight excluding hydrogens is 208 g/mol. The Kier molecular flexibility index (Phi) is 3.45. The van der Waals surface area contributed by atoms with Gasteiger partial charge in [0.05, 0.1) is 0 Å². The average molecular weight is 224 g/mol. The summed E-state index contributed by atoms with van der Waals surface area (Å²) in [7, 11) is 0. The van der Waals surface area contributed by atoms with Crippen LogP contribution in [0.5, 0.6) is 0 Å². The molecule has 0 amide bonds. The molecule has 2 heteroatoms. The van der Waals surface area contributed by atoms with Crippen LogP contribution < -0.4 is 0 Å². The highest BCUT2D eigenvalue weighted by Crippen LogP contribution is 2.34. The predicted octanol–water partition coefficient (Wildman–Crippen LogP) is 4.31. The Bertz CT molecular complexity index is 314. The number of hydrogen-bond donors (Lipinski definition) is 2. The Labute approximate surface area is 96.9 Å². The van der Waals surface area contributed by atoms with Crippen LogP contribution in [0.2, 0.25) is 0 Å². The van der Waals surface area contributed by atoms with Crippen LogP contribution >= 0.6 is 25.3 Å². The van der Waals surface area contributed by atoms with Gasteiger partial charge in [0.2, 0.25) is 0 Å². The van der Waals surface area contributed by atoms with Crippen LogP contribution in [-0.2, 0) is 0 Å². The zero-order valence-corrected chi connectivity index (χ0v) is 10.0. The summed E-state index contributed by atoms with van der Waals surface area (Å²) in [6.45, 7) is 0. The zero-order valence-electron chi connectivity index (χ0n) is 8.24. The molecule has 0 aromatic heterocycles. The first kappa shape index (κ1) is 10.4. The lowest BCUT2D eigenvalue weighted by molar-refractivity contribution is 0.443. The largest absolute Gasteiger partial charge is 0.142 e. The zero-order chi connectivity index (χ0) is 9.97. The molecule has 0 N–H and O–H groups in total. The molecule has 2 rings (SSSR count). The molecule has 0 nitrogen and oxygen atoms in total. The monoisotopic (exact) mass is 224 g/mol. The van der Waals surface area contributed by atoms with E-state index in [2.05, 4.69) is 43.5 Å². The summed E-state index contributed by atoms with van der Waals surface area (Å²) in [6, 6.07) is 6.45. The highest BCUT2D eigenvalue weighted by atomic mass is 32.1. The quantitative estimate of drug-likeness (QED) is 0.652. The summed E-state index contributed by atoms with van der Waals surface area (Å²) in [5.74, 6) is 0.767. The normalized spacial score (nSPS) is 18.4. The Morgan fingerprint density at radius 3 is 2.29 bits per heavy atom. The molecule has 0 spiro atoms. The molecule has 0 unspecified atom stereocenters. The van der Waals surface area contributed by atoms with Crippen molar-refractivity contribution in [3.63, 3.8) is 0 Å². The topological polar surface area (TPSA) is 0 Å². The third-order valence-corrected chi connectivity index (χ3v) is 4.01. The van der Waals surface area contributed by atoms with E-state index in [1.165, 1.54) is 37.7 Å². The summed E-state index contributed by atoms with van der Waals surface area (Å²) in [5.41, 5.74) is 1.45. The maximum absolute atomic E-state index is 4.41. The van der Waals surface area contributed by atoms with E-state index in [1.807, 2.05) is 0 Å². The minimum Gasteiger partial charge on any atom is -0.142 e. The second-order valence-corrected chi connectivity index (χ2v) is 5.05. The third-order valence-electron chi connectivity index (χ3n) is 3.08. The van der Waals surface area contributed by atoms with Crippen molar-refractivity contribution < 1.29 is 0 Å². The Morgan fingerprint density at radius 2 is 1.64 bits per heavy atom. The van der Waals surface area contributed by atoms with Gasteiger partial charge in [-0.05, 0) is 36.5 Å². The molecule has 1 aromatic rings. The van der Waals surface area contributed by atoms with Crippen molar-refractivity contribution in [3.8, 4) is 0 Å². The third kappa shape index (κ3) is 2.29. The van der Waals surface area contributed by atoms with Gasteiger partial charge in [-0.1, -0.05) is 25.3 Å². The molecule has 14 heavy (non-hydrogen) atoms. The Balaban J connectivity index is 2.18. The van der Waals surface area contributed by atoms with E-state index in [-0.39, 0.29) is 0 Å². The van der Waals surface area contributed by atoms with Crippen molar-refractivity contribution >= 4 is 25.3 Å². The van der Waals surface area contributed by atoms with Gasteiger partial charge in [0.15, 0.2) is 0 Å².